The molecule has 3 rings (SSSR count). The average Bonchev–Trinajstić information content (AvgIpc) is 3.47. The second-order valence-electron chi connectivity index (χ2n) is 8.17. The van der Waals surface area contributed by atoms with Gasteiger partial charge in [0, 0.05) is 23.4 Å². The Bertz CT molecular complexity index is 1180. The number of amides is 1. The van der Waals surface area contributed by atoms with E-state index in [0.29, 0.717) is 25.9 Å². The van der Waals surface area contributed by atoms with Crippen LogP contribution in [0.15, 0.2) is 30.3 Å². The number of nitrogens with two attached hydrogens (primary N) is 1. The third kappa shape index (κ3) is 6.86. The van der Waals surface area contributed by atoms with Crippen molar-refractivity contribution in [1.29, 1.82) is 5.41 Å². The van der Waals surface area contributed by atoms with Crippen molar-refractivity contribution in [3.63, 3.8) is 0 Å². The van der Waals surface area contributed by atoms with E-state index < -0.39 is 41.7 Å². The summed E-state index contributed by atoms with van der Waals surface area (Å²) < 4.78 is 19.3. The van der Waals surface area contributed by atoms with Gasteiger partial charge in [-0.2, -0.15) is 0 Å². The number of hydrogen-bond acceptors (Lipinski definition) is 8. The molecule has 1 aromatic heterocycles. The molecule has 36 heavy (non-hydrogen) atoms. The number of ether oxygens (including phenoxy) is 1. The van der Waals surface area contributed by atoms with Crippen molar-refractivity contribution >= 4 is 41.0 Å². The van der Waals surface area contributed by atoms with Gasteiger partial charge in [-0.3, -0.25) is 19.9 Å². The molecule has 1 amide bonds. The molecule has 2 aromatic rings. The molecule has 0 bridgehead atoms. The Kier molecular flexibility index (Phi) is 8.72. The van der Waals surface area contributed by atoms with Crippen LogP contribution < -0.4 is 15.8 Å². The number of thiophene rings is 1. The fourth-order valence-corrected chi connectivity index (χ4v) is 4.69. The highest BCUT2D eigenvalue weighted by Crippen LogP contribution is 2.26. The number of rotatable bonds is 11. The molecular weight excluding hydrogens is 495 g/mol. The van der Waals surface area contributed by atoms with E-state index in [1.165, 1.54) is 18.2 Å². The van der Waals surface area contributed by atoms with Crippen molar-refractivity contribution in [2.75, 3.05) is 6.54 Å². The minimum absolute atomic E-state index is 0.159. The lowest BCUT2D eigenvalue weighted by atomic mass is 10.1. The predicted molar refractivity (Wildman–Crippen MR) is 127 cm³/mol. The SMILES string of the molecule is N=C(N)c1ccc(OC(=O)c2ccc(CN3CCC[C@@H]3C(=O)N[C@H](CCC(=O)O)C(=O)O)s2)c(F)c1. The molecule has 0 spiro atoms. The topological polar surface area (TPSA) is 183 Å². The summed E-state index contributed by atoms with van der Waals surface area (Å²) in [5, 5.41) is 27.8. The van der Waals surface area contributed by atoms with E-state index in [-0.39, 0.29) is 34.9 Å². The molecule has 1 aliphatic rings. The number of likely N-dealkylation sites (tertiary alicyclic amines) is 1. The molecule has 6 N–H and O–H groups in total. The monoisotopic (exact) mass is 520 g/mol. The highest BCUT2D eigenvalue weighted by Gasteiger charge is 2.33. The van der Waals surface area contributed by atoms with Gasteiger partial charge in [0.15, 0.2) is 11.6 Å². The molecule has 0 radical (unpaired) electrons. The van der Waals surface area contributed by atoms with Crippen molar-refractivity contribution < 1.29 is 38.5 Å². The van der Waals surface area contributed by atoms with Crippen molar-refractivity contribution in [3.05, 3.63) is 51.5 Å². The van der Waals surface area contributed by atoms with Crippen LogP contribution in [0.4, 0.5) is 4.39 Å². The summed E-state index contributed by atoms with van der Waals surface area (Å²) in [6.07, 6.45) is 0.607. The largest absolute Gasteiger partial charge is 0.481 e. The van der Waals surface area contributed by atoms with Crippen LogP contribution in [0, 0.1) is 11.2 Å². The number of carbonyl (C=O) groups excluding carboxylic acids is 2. The number of nitrogens with zero attached hydrogens (tertiary/aromatic N) is 1. The minimum atomic E-state index is -1.30. The number of halogens is 1. The number of nitrogens with one attached hydrogen (secondary N) is 2. The number of amidine groups is 1. The summed E-state index contributed by atoms with van der Waals surface area (Å²) in [4.78, 5) is 50.2. The van der Waals surface area contributed by atoms with Crippen molar-refractivity contribution in [2.24, 2.45) is 5.73 Å². The Labute approximate surface area is 209 Å². The van der Waals surface area contributed by atoms with Gasteiger partial charge in [-0.15, -0.1) is 11.3 Å². The number of hydrogen-bond donors (Lipinski definition) is 5. The van der Waals surface area contributed by atoms with E-state index in [1.54, 1.807) is 6.07 Å². The first-order valence-electron chi connectivity index (χ1n) is 11.0. The molecule has 1 aliphatic heterocycles. The third-order valence-electron chi connectivity index (χ3n) is 5.60. The van der Waals surface area contributed by atoms with E-state index in [0.717, 1.165) is 22.3 Å². The summed E-state index contributed by atoms with van der Waals surface area (Å²) in [6, 6.07) is 4.90. The van der Waals surface area contributed by atoms with Crippen molar-refractivity contribution in [1.82, 2.24) is 10.2 Å². The number of nitrogen functional groups attached to an aromatic ring is 1. The molecule has 1 fully saturated rings. The Morgan fingerprint density at radius 2 is 2.00 bits per heavy atom. The smallest absolute Gasteiger partial charge is 0.353 e. The maximum Gasteiger partial charge on any atom is 0.353 e. The van der Waals surface area contributed by atoms with Gasteiger partial charge in [-0.25, -0.2) is 14.0 Å². The fourth-order valence-electron chi connectivity index (χ4n) is 3.78. The zero-order chi connectivity index (χ0) is 26.4. The van der Waals surface area contributed by atoms with Crippen LogP contribution in [0.25, 0.3) is 0 Å². The molecule has 0 saturated carbocycles. The van der Waals surface area contributed by atoms with Crippen LogP contribution in [-0.4, -0.2) is 63.4 Å². The first-order chi connectivity index (χ1) is 17.0. The zero-order valence-electron chi connectivity index (χ0n) is 19.0. The van der Waals surface area contributed by atoms with Gasteiger partial charge in [-0.05, 0) is 56.1 Å². The molecule has 2 atom stereocenters. The number of carboxylic acids is 2. The molecule has 1 saturated heterocycles. The molecule has 0 aliphatic carbocycles. The van der Waals surface area contributed by atoms with Crippen LogP contribution in [-0.2, 0) is 20.9 Å². The number of benzene rings is 1. The van der Waals surface area contributed by atoms with E-state index in [2.05, 4.69) is 5.32 Å². The predicted octanol–water partition coefficient (Wildman–Crippen LogP) is 1.79. The molecule has 13 heteroatoms. The third-order valence-corrected chi connectivity index (χ3v) is 6.65. The van der Waals surface area contributed by atoms with Gasteiger partial charge < -0.3 is 26.0 Å². The summed E-state index contributed by atoms with van der Waals surface area (Å²) in [5.41, 5.74) is 5.48. The fraction of sp³-hybridized carbons (Fsp3) is 0.348. The van der Waals surface area contributed by atoms with E-state index in [9.17, 15) is 28.7 Å². The number of carbonyl (C=O) groups is 4. The molecule has 0 unspecified atom stereocenters. The van der Waals surface area contributed by atoms with E-state index in [1.807, 2.05) is 4.90 Å². The highest BCUT2D eigenvalue weighted by atomic mass is 32.1. The quantitative estimate of drug-likeness (QED) is 0.128. The van der Waals surface area contributed by atoms with Crippen LogP contribution >= 0.6 is 11.3 Å². The average molecular weight is 521 g/mol. The van der Waals surface area contributed by atoms with Gasteiger partial charge in [0.05, 0.1) is 6.04 Å². The molecule has 192 valence electrons. The lowest BCUT2D eigenvalue weighted by molar-refractivity contribution is -0.143. The Morgan fingerprint density at radius 3 is 2.64 bits per heavy atom. The molecule has 11 nitrogen and oxygen atoms in total. The van der Waals surface area contributed by atoms with Crippen molar-refractivity contribution in [3.8, 4) is 5.75 Å². The first kappa shape index (κ1) is 26.8. The zero-order valence-corrected chi connectivity index (χ0v) is 19.8. The maximum atomic E-state index is 14.2. The number of carboxylic acid groups (broad SMARTS) is 2. The number of aliphatic carboxylic acids is 2. The second-order valence-corrected chi connectivity index (χ2v) is 9.34. The summed E-state index contributed by atoms with van der Waals surface area (Å²) in [6.45, 7) is 0.904. The number of esters is 1. The van der Waals surface area contributed by atoms with Gasteiger partial charge in [-0.1, -0.05) is 0 Å². The summed E-state index contributed by atoms with van der Waals surface area (Å²) in [5.74, 6) is -5.16. The van der Waals surface area contributed by atoms with Gasteiger partial charge in [0.1, 0.15) is 16.8 Å². The summed E-state index contributed by atoms with van der Waals surface area (Å²) >= 11 is 1.12. The van der Waals surface area contributed by atoms with Gasteiger partial charge in [0.2, 0.25) is 5.91 Å². The Hall–Kier alpha value is -3.84. The maximum absolute atomic E-state index is 14.2. The molecular formula is C23H25FN4O7S. The Morgan fingerprint density at radius 1 is 1.25 bits per heavy atom. The minimum Gasteiger partial charge on any atom is -0.481 e. The van der Waals surface area contributed by atoms with Gasteiger partial charge in [0.25, 0.3) is 0 Å². The van der Waals surface area contributed by atoms with E-state index in [4.69, 9.17) is 21.0 Å². The van der Waals surface area contributed by atoms with Crippen molar-refractivity contribution in [2.45, 2.75) is 44.3 Å². The first-order valence-corrected chi connectivity index (χ1v) is 11.8. The summed E-state index contributed by atoms with van der Waals surface area (Å²) in [7, 11) is 0. The molecule has 1 aromatic carbocycles. The normalized spacial score (nSPS) is 16.3. The van der Waals surface area contributed by atoms with Crippen LogP contribution in [0.5, 0.6) is 5.75 Å². The van der Waals surface area contributed by atoms with Crippen LogP contribution in [0.3, 0.4) is 0 Å². The Balaban J connectivity index is 1.61. The van der Waals surface area contributed by atoms with Crippen LogP contribution in [0.1, 0.15) is 45.8 Å². The molecule has 2 heterocycles. The van der Waals surface area contributed by atoms with E-state index >= 15 is 0 Å². The van der Waals surface area contributed by atoms with Gasteiger partial charge >= 0.3 is 17.9 Å². The standard InChI is InChI=1S/C23H25FN4O7S/c24-14-10-12(20(25)26)3-6-17(14)35-23(34)18-7-4-13(36-18)11-28-9-1-2-16(28)21(31)27-15(22(32)33)5-8-19(29)30/h3-4,6-7,10,15-16H,1-2,5,8-9,11H2,(H3,25,26)(H,27,31)(H,29,30)(H,32,33)/t15-,16-/m1/s1. The highest BCUT2D eigenvalue weighted by molar-refractivity contribution is 7.13. The second kappa shape index (κ2) is 11.7. The van der Waals surface area contributed by atoms with Crippen LogP contribution in [0.2, 0.25) is 0 Å². The lowest BCUT2D eigenvalue weighted by Crippen LogP contribution is -2.49. The lowest BCUT2D eigenvalue weighted by Gasteiger charge is -2.24.